The van der Waals surface area contributed by atoms with Gasteiger partial charge in [-0.2, -0.15) is 5.10 Å². The maximum atomic E-state index is 12.7. The summed E-state index contributed by atoms with van der Waals surface area (Å²) in [5, 5.41) is 5.46. The predicted octanol–water partition coefficient (Wildman–Crippen LogP) is 4.33. The van der Waals surface area contributed by atoms with Crippen LogP contribution < -0.4 is 10.3 Å². The lowest BCUT2D eigenvalue weighted by Gasteiger charge is -2.11. The number of nitrogens with zero attached hydrogens (tertiary/aromatic N) is 2. The van der Waals surface area contributed by atoms with Gasteiger partial charge in [0.25, 0.3) is 5.56 Å². The fourth-order valence-electron chi connectivity index (χ4n) is 2.46. The van der Waals surface area contributed by atoms with Crippen LogP contribution in [0.1, 0.15) is 23.8 Å². The Morgan fingerprint density at radius 3 is 2.56 bits per heavy atom. The molecule has 0 atom stereocenters. The summed E-state index contributed by atoms with van der Waals surface area (Å²) < 4.78 is 6.64. The van der Waals surface area contributed by atoms with E-state index in [4.69, 9.17) is 27.9 Å². The highest BCUT2D eigenvalue weighted by molar-refractivity contribution is 6.43. The molecule has 3 rings (SSSR count). The largest absolute Gasteiger partial charge is 0.420 e. The van der Waals surface area contributed by atoms with Gasteiger partial charge in [0.15, 0.2) is 11.4 Å². The zero-order valence-corrected chi connectivity index (χ0v) is 14.8. The zero-order chi connectivity index (χ0) is 18.0. The van der Waals surface area contributed by atoms with Crippen LogP contribution in [-0.2, 0) is 6.54 Å². The number of fused-ring (bicyclic) bond motifs is 1. The normalized spacial score (nSPS) is 10.8. The molecule has 0 unspecified atom stereocenters. The van der Waals surface area contributed by atoms with Gasteiger partial charge in [-0.05, 0) is 24.6 Å². The summed E-state index contributed by atoms with van der Waals surface area (Å²) in [7, 11) is 0. The van der Waals surface area contributed by atoms with Gasteiger partial charge in [-0.15, -0.1) is 0 Å². The first-order valence-corrected chi connectivity index (χ1v) is 8.44. The van der Waals surface area contributed by atoms with E-state index in [9.17, 15) is 9.59 Å². The quantitative estimate of drug-likeness (QED) is 0.502. The first kappa shape index (κ1) is 17.5. The Morgan fingerprint density at radius 1 is 1.12 bits per heavy atom. The number of rotatable bonds is 4. The average molecular weight is 377 g/mol. The van der Waals surface area contributed by atoms with Crippen molar-refractivity contribution in [2.45, 2.75) is 19.9 Å². The lowest BCUT2D eigenvalue weighted by atomic mass is 10.1. The summed E-state index contributed by atoms with van der Waals surface area (Å²) in [5.41, 5.74) is -0.186. The number of carbonyl (C=O) groups excluding carboxylic acids is 1. The molecule has 0 N–H and O–H groups in total. The fourth-order valence-corrected chi connectivity index (χ4v) is 2.79. The number of esters is 1. The van der Waals surface area contributed by atoms with Crippen molar-refractivity contribution in [1.82, 2.24) is 9.78 Å². The van der Waals surface area contributed by atoms with Gasteiger partial charge in [0.05, 0.1) is 10.4 Å². The minimum absolute atomic E-state index is 0.0553. The van der Waals surface area contributed by atoms with E-state index in [-0.39, 0.29) is 27.0 Å². The van der Waals surface area contributed by atoms with Crippen LogP contribution >= 0.6 is 23.2 Å². The molecule has 1 heterocycles. The van der Waals surface area contributed by atoms with Gasteiger partial charge in [-0.3, -0.25) is 4.79 Å². The number of halogens is 2. The Labute approximate surface area is 153 Å². The summed E-state index contributed by atoms with van der Waals surface area (Å²) in [6, 6.07) is 11.6. The number of aryl methyl sites for hydroxylation is 1. The van der Waals surface area contributed by atoms with Gasteiger partial charge >= 0.3 is 5.97 Å². The summed E-state index contributed by atoms with van der Waals surface area (Å²) in [6.07, 6.45) is 0.708. The average Bonchev–Trinajstić information content (AvgIpc) is 2.61. The molecule has 0 aliphatic heterocycles. The van der Waals surface area contributed by atoms with Gasteiger partial charge in [-0.1, -0.05) is 54.4 Å². The Bertz CT molecular complexity index is 1010. The van der Waals surface area contributed by atoms with Crippen molar-refractivity contribution in [2.75, 3.05) is 0 Å². The van der Waals surface area contributed by atoms with Gasteiger partial charge in [0.1, 0.15) is 5.02 Å². The van der Waals surface area contributed by atoms with Crippen LogP contribution in [0, 0.1) is 0 Å². The van der Waals surface area contributed by atoms with Crippen molar-refractivity contribution in [3.05, 3.63) is 68.6 Å². The second-order valence-corrected chi connectivity index (χ2v) is 6.15. The Kier molecular flexibility index (Phi) is 5.06. The van der Waals surface area contributed by atoms with Crippen LogP contribution in [-0.4, -0.2) is 15.7 Å². The number of benzene rings is 2. The van der Waals surface area contributed by atoms with Gasteiger partial charge in [0.2, 0.25) is 0 Å². The van der Waals surface area contributed by atoms with Crippen LogP contribution in [0.15, 0.2) is 47.3 Å². The molecule has 25 heavy (non-hydrogen) atoms. The number of hydrogen-bond donors (Lipinski definition) is 0. The lowest BCUT2D eigenvalue weighted by molar-refractivity contribution is 0.0728. The van der Waals surface area contributed by atoms with Crippen molar-refractivity contribution < 1.29 is 9.53 Å². The molecular formula is C18H14Cl2N2O3. The number of carbonyl (C=O) groups is 1. The molecule has 0 bridgehead atoms. The highest BCUT2D eigenvalue weighted by Crippen LogP contribution is 2.32. The first-order valence-electron chi connectivity index (χ1n) is 7.69. The summed E-state index contributed by atoms with van der Waals surface area (Å²) in [5.74, 6) is -0.566. The molecule has 128 valence electrons. The van der Waals surface area contributed by atoms with Crippen LogP contribution in [0.4, 0.5) is 0 Å². The smallest absolute Gasteiger partial charge is 0.364 e. The lowest BCUT2D eigenvalue weighted by Crippen LogP contribution is -2.27. The molecule has 0 aliphatic carbocycles. The molecular weight excluding hydrogens is 363 g/mol. The predicted molar refractivity (Wildman–Crippen MR) is 97.7 cm³/mol. The molecule has 0 amide bonds. The second-order valence-electron chi connectivity index (χ2n) is 5.36. The highest BCUT2D eigenvalue weighted by atomic mass is 35.5. The maximum absolute atomic E-state index is 12.7. The zero-order valence-electron chi connectivity index (χ0n) is 13.3. The maximum Gasteiger partial charge on any atom is 0.364 e. The SMILES string of the molecule is CCCn1nc(C(=O)Oc2cccc(Cl)c2Cl)c2ccccc2c1=O. The Hall–Kier alpha value is -2.37. The van der Waals surface area contributed by atoms with E-state index in [0.29, 0.717) is 23.7 Å². The molecule has 0 saturated carbocycles. The Morgan fingerprint density at radius 2 is 1.84 bits per heavy atom. The minimum atomic E-state index is -0.704. The highest BCUT2D eigenvalue weighted by Gasteiger charge is 2.20. The first-order chi connectivity index (χ1) is 12.0. The third kappa shape index (κ3) is 3.38. The summed E-state index contributed by atoms with van der Waals surface area (Å²) in [6.45, 7) is 2.33. The van der Waals surface area contributed by atoms with E-state index in [2.05, 4.69) is 5.10 Å². The number of aromatic nitrogens is 2. The molecule has 2 aromatic carbocycles. The monoisotopic (exact) mass is 376 g/mol. The second kappa shape index (κ2) is 7.25. The van der Waals surface area contributed by atoms with Crippen molar-refractivity contribution in [3.8, 4) is 5.75 Å². The Balaban J connectivity index is 2.11. The molecule has 0 fully saturated rings. The van der Waals surface area contributed by atoms with Crippen LogP contribution in [0.25, 0.3) is 10.8 Å². The molecule has 0 saturated heterocycles. The van der Waals surface area contributed by atoms with Crippen molar-refractivity contribution in [3.63, 3.8) is 0 Å². The van der Waals surface area contributed by atoms with Gasteiger partial charge in [-0.25, -0.2) is 9.48 Å². The minimum Gasteiger partial charge on any atom is -0.420 e. The molecule has 0 aliphatic rings. The summed E-state index contributed by atoms with van der Waals surface area (Å²) >= 11 is 12.0. The van der Waals surface area contributed by atoms with E-state index >= 15 is 0 Å². The standard InChI is InChI=1S/C18H14Cl2N2O3/c1-2-10-22-17(23)12-7-4-3-6-11(12)16(21-22)18(24)25-14-9-5-8-13(19)15(14)20/h3-9H,2,10H2,1H3. The fraction of sp³-hybridized carbons (Fsp3) is 0.167. The number of hydrogen-bond acceptors (Lipinski definition) is 4. The third-order valence-electron chi connectivity index (χ3n) is 3.62. The third-order valence-corrected chi connectivity index (χ3v) is 4.42. The van der Waals surface area contributed by atoms with Crippen LogP contribution in [0.5, 0.6) is 5.75 Å². The van der Waals surface area contributed by atoms with Gasteiger partial charge in [0, 0.05) is 11.9 Å². The molecule has 5 nitrogen and oxygen atoms in total. The van der Waals surface area contributed by atoms with E-state index in [1.807, 2.05) is 6.92 Å². The van der Waals surface area contributed by atoms with Crippen molar-refractivity contribution in [1.29, 1.82) is 0 Å². The van der Waals surface area contributed by atoms with Crippen molar-refractivity contribution in [2.24, 2.45) is 0 Å². The van der Waals surface area contributed by atoms with E-state index in [0.717, 1.165) is 0 Å². The summed E-state index contributed by atoms with van der Waals surface area (Å²) in [4.78, 5) is 25.1. The van der Waals surface area contributed by atoms with Crippen LogP contribution in [0.2, 0.25) is 10.0 Å². The molecule has 3 aromatic rings. The number of ether oxygens (including phenoxy) is 1. The molecule has 0 radical (unpaired) electrons. The van der Waals surface area contributed by atoms with Gasteiger partial charge < -0.3 is 4.74 Å². The van der Waals surface area contributed by atoms with Crippen molar-refractivity contribution >= 4 is 39.9 Å². The molecule has 1 aromatic heterocycles. The topological polar surface area (TPSA) is 61.2 Å². The molecule has 0 spiro atoms. The molecule has 7 heteroatoms. The van der Waals surface area contributed by atoms with E-state index in [1.54, 1.807) is 36.4 Å². The van der Waals surface area contributed by atoms with E-state index in [1.165, 1.54) is 10.7 Å². The van der Waals surface area contributed by atoms with E-state index < -0.39 is 5.97 Å². The van der Waals surface area contributed by atoms with Crippen LogP contribution in [0.3, 0.4) is 0 Å².